The van der Waals surface area contributed by atoms with Crippen molar-refractivity contribution in [1.82, 2.24) is 4.98 Å². The molecule has 1 heterocycles. The fraction of sp³-hybridized carbons (Fsp3) is 0.643. The normalized spacial score (nSPS) is 20.9. The van der Waals surface area contributed by atoms with Crippen molar-refractivity contribution in [1.29, 1.82) is 0 Å². The molecule has 0 spiro atoms. The zero-order chi connectivity index (χ0) is 12.1. The van der Waals surface area contributed by atoms with E-state index in [0.717, 1.165) is 32.5 Å². The Morgan fingerprint density at radius 3 is 3.29 bits per heavy atom. The fourth-order valence-corrected chi connectivity index (χ4v) is 2.63. The summed E-state index contributed by atoms with van der Waals surface area (Å²) in [6.45, 7) is 3.55. The SMILES string of the molecule is CCOCCC(N)C1CCCc2cccnc21. The minimum Gasteiger partial charge on any atom is -0.382 e. The van der Waals surface area contributed by atoms with E-state index in [0.29, 0.717) is 5.92 Å². The summed E-state index contributed by atoms with van der Waals surface area (Å²) in [6, 6.07) is 4.38. The lowest BCUT2D eigenvalue weighted by atomic mass is 9.81. The second-order valence-electron chi connectivity index (χ2n) is 4.70. The third kappa shape index (κ3) is 3.05. The van der Waals surface area contributed by atoms with Crippen LogP contribution in [0.5, 0.6) is 0 Å². The Kier molecular flexibility index (Phi) is 4.51. The molecular weight excluding hydrogens is 212 g/mol. The summed E-state index contributed by atoms with van der Waals surface area (Å²) < 4.78 is 5.38. The number of aryl methyl sites for hydroxylation is 1. The number of nitrogens with two attached hydrogens (primary N) is 1. The van der Waals surface area contributed by atoms with E-state index >= 15 is 0 Å². The van der Waals surface area contributed by atoms with E-state index in [4.69, 9.17) is 10.5 Å². The smallest absolute Gasteiger partial charge is 0.0481 e. The summed E-state index contributed by atoms with van der Waals surface area (Å²) in [6.07, 6.45) is 6.35. The quantitative estimate of drug-likeness (QED) is 0.795. The van der Waals surface area contributed by atoms with Crippen LogP contribution in [-0.2, 0) is 11.2 Å². The average Bonchev–Trinajstić information content (AvgIpc) is 2.38. The maximum atomic E-state index is 6.28. The lowest BCUT2D eigenvalue weighted by molar-refractivity contribution is 0.136. The molecule has 0 amide bonds. The Morgan fingerprint density at radius 1 is 1.59 bits per heavy atom. The van der Waals surface area contributed by atoms with Crippen LogP contribution < -0.4 is 5.73 Å². The lowest BCUT2D eigenvalue weighted by Gasteiger charge is -2.29. The van der Waals surface area contributed by atoms with Crippen molar-refractivity contribution in [2.45, 2.75) is 44.6 Å². The molecule has 0 fully saturated rings. The molecule has 0 saturated heterocycles. The Balaban J connectivity index is 2.02. The molecule has 17 heavy (non-hydrogen) atoms. The molecule has 1 aromatic heterocycles. The predicted molar refractivity (Wildman–Crippen MR) is 69.0 cm³/mol. The molecular formula is C14H22N2O. The van der Waals surface area contributed by atoms with Gasteiger partial charge in [0.2, 0.25) is 0 Å². The molecule has 3 heteroatoms. The van der Waals surface area contributed by atoms with E-state index in [9.17, 15) is 0 Å². The topological polar surface area (TPSA) is 48.1 Å². The Labute approximate surface area is 103 Å². The van der Waals surface area contributed by atoms with E-state index in [1.165, 1.54) is 17.7 Å². The summed E-state index contributed by atoms with van der Waals surface area (Å²) in [5.41, 5.74) is 8.89. The summed E-state index contributed by atoms with van der Waals surface area (Å²) in [7, 11) is 0. The van der Waals surface area contributed by atoms with Gasteiger partial charge in [-0.25, -0.2) is 0 Å². The van der Waals surface area contributed by atoms with Crippen LogP contribution in [0.1, 0.15) is 43.4 Å². The first kappa shape index (κ1) is 12.5. The van der Waals surface area contributed by atoms with Crippen LogP contribution in [-0.4, -0.2) is 24.2 Å². The molecule has 2 unspecified atom stereocenters. The third-order valence-corrected chi connectivity index (χ3v) is 3.56. The largest absolute Gasteiger partial charge is 0.382 e. The first-order valence-corrected chi connectivity index (χ1v) is 6.60. The van der Waals surface area contributed by atoms with Crippen LogP contribution in [0.15, 0.2) is 18.3 Å². The van der Waals surface area contributed by atoms with Gasteiger partial charge in [0, 0.05) is 37.1 Å². The molecule has 0 radical (unpaired) electrons. The molecule has 2 rings (SSSR count). The van der Waals surface area contributed by atoms with Crippen molar-refractivity contribution in [2.24, 2.45) is 5.73 Å². The Morgan fingerprint density at radius 2 is 2.47 bits per heavy atom. The number of rotatable bonds is 5. The van der Waals surface area contributed by atoms with Gasteiger partial charge in [-0.1, -0.05) is 6.07 Å². The van der Waals surface area contributed by atoms with Gasteiger partial charge in [-0.15, -0.1) is 0 Å². The van der Waals surface area contributed by atoms with E-state index < -0.39 is 0 Å². The highest BCUT2D eigenvalue weighted by Crippen LogP contribution is 2.32. The number of hydrogen-bond donors (Lipinski definition) is 1. The summed E-state index contributed by atoms with van der Waals surface area (Å²) in [4.78, 5) is 4.53. The van der Waals surface area contributed by atoms with Gasteiger partial charge < -0.3 is 10.5 Å². The minimum atomic E-state index is 0.176. The van der Waals surface area contributed by atoms with Gasteiger partial charge in [-0.2, -0.15) is 0 Å². The van der Waals surface area contributed by atoms with Crippen LogP contribution in [0.2, 0.25) is 0 Å². The number of fused-ring (bicyclic) bond motifs is 1. The molecule has 94 valence electrons. The Bertz CT molecular complexity index is 354. The molecule has 1 aromatic rings. The highest BCUT2D eigenvalue weighted by atomic mass is 16.5. The van der Waals surface area contributed by atoms with Crippen molar-refractivity contribution >= 4 is 0 Å². The number of ether oxygens (including phenoxy) is 1. The highest BCUT2D eigenvalue weighted by Gasteiger charge is 2.26. The van der Waals surface area contributed by atoms with Crippen molar-refractivity contribution < 1.29 is 4.74 Å². The molecule has 0 bridgehead atoms. The molecule has 3 nitrogen and oxygen atoms in total. The lowest BCUT2D eigenvalue weighted by Crippen LogP contribution is -2.32. The van der Waals surface area contributed by atoms with E-state index in [-0.39, 0.29) is 6.04 Å². The molecule has 2 N–H and O–H groups in total. The maximum Gasteiger partial charge on any atom is 0.0481 e. The molecule has 1 aliphatic carbocycles. The van der Waals surface area contributed by atoms with Gasteiger partial charge >= 0.3 is 0 Å². The van der Waals surface area contributed by atoms with Crippen molar-refractivity contribution in [2.75, 3.05) is 13.2 Å². The summed E-state index contributed by atoms with van der Waals surface area (Å²) in [5, 5.41) is 0. The van der Waals surface area contributed by atoms with Crippen molar-refractivity contribution in [3.8, 4) is 0 Å². The zero-order valence-electron chi connectivity index (χ0n) is 10.6. The highest BCUT2D eigenvalue weighted by molar-refractivity contribution is 5.27. The molecule has 2 atom stereocenters. The molecule has 0 aliphatic heterocycles. The van der Waals surface area contributed by atoms with Gasteiger partial charge in [0.25, 0.3) is 0 Å². The standard InChI is InChI=1S/C14H22N2O/c1-2-17-10-8-13(15)12-7-3-5-11-6-4-9-16-14(11)12/h4,6,9,12-13H,2-3,5,7-8,10,15H2,1H3. The number of nitrogens with zero attached hydrogens (tertiary/aromatic N) is 1. The summed E-state index contributed by atoms with van der Waals surface area (Å²) in [5.74, 6) is 0.417. The van der Waals surface area contributed by atoms with Crippen LogP contribution in [0.4, 0.5) is 0 Å². The van der Waals surface area contributed by atoms with Gasteiger partial charge in [-0.3, -0.25) is 4.98 Å². The number of hydrogen-bond acceptors (Lipinski definition) is 3. The van der Waals surface area contributed by atoms with Crippen LogP contribution in [0, 0.1) is 0 Å². The molecule has 0 saturated carbocycles. The molecule has 0 aromatic carbocycles. The monoisotopic (exact) mass is 234 g/mol. The van der Waals surface area contributed by atoms with Crippen LogP contribution >= 0.6 is 0 Å². The minimum absolute atomic E-state index is 0.176. The Hall–Kier alpha value is -0.930. The zero-order valence-corrected chi connectivity index (χ0v) is 10.6. The van der Waals surface area contributed by atoms with Crippen molar-refractivity contribution in [3.05, 3.63) is 29.6 Å². The number of aromatic nitrogens is 1. The maximum absolute atomic E-state index is 6.28. The number of pyridine rings is 1. The first-order valence-electron chi connectivity index (χ1n) is 6.60. The second kappa shape index (κ2) is 6.12. The van der Waals surface area contributed by atoms with Crippen molar-refractivity contribution in [3.63, 3.8) is 0 Å². The van der Waals surface area contributed by atoms with Gasteiger partial charge in [0.1, 0.15) is 0 Å². The van der Waals surface area contributed by atoms with Gasteiger partial charge in [-0.05, 0) is 44.2 Å². The van der Waals surface area contributed by atoms with E-state index in [1.807, 2.05) is 19.2 Å². The summed E-state index contributed by atoms with van der Waals surface area (Å²) >= 11 is 0. The van der Waals surface area contributed by atoms with Gasteiger partial charge in [0.15, 0.2) is 0 Å². The second-order valence-corrected chi connectivity index (χ2v) is 4.70. The predicted octanol–water partition coefficient (Wildman–Crippen LogP) is 2.26. The van der Waals surface area contributed by atoms with Gasteiger partial charge in [0.05, 0.1) is 0 Å². The van der Waals surface area contributed by atoms with Crippen LogP contribution in [0.3, 0.4) is 0 Å². The van der Waals surface area contributed by atoms with Crippen LogP contribution in [0.25, 0.3) is 0 Å². The molecule has 1 aliphatic rings. The average molecular weight is 234 g/mol. The first-order chi connectivity index (χ1) is 8.33. The third-order valence-electron chi connectivity index (χ3n) is 3.56. The van der Waals surface area contributed by atoms with E-state index in [1.54, 1.807) is 0 Å². The van der Waals surface area contributed by atoms with E-state index in [2.05, 4.69) is 11.1 Å². The fourth-order valence-electron chi connectivity index (χ4n) is 2.63.